The van der Waals surface area contributed by atoms with Crippen molar-refractivity contribution < 1.29 is 0 Å². The first kappa shape index (κ1) is 11.9. The Bertz CT molecular complexity index is 371. The van der Waals surface area contributed by atoms with Gasteiger partial charge in [0, 0.05) is 18.0 Å². The number of rotatable bonds is 4. The minimum absolute atomic E-state index is 0.241. The lowest BCUT2D eigenvalue weighted by Crippen LogP contribution is -2.32. The predicted molar refractivity (Wildman–Crippen MR) is 70.2 cm³/mol. The zero-order valence-corrected chi connectivity index (χ0v) is 11.1. The average Bonchev–Trinajstić information content (AvgIpc) is 2.97. The molecular formula is C14H20ClN. The van der Waals surface area contributed by atoms with Crippen LogP contribution in [0.15, 0.2) is 12.1 Å². The third-order valence-electron chi connectivity index (χ3n) is 3.59. The van der Waals surface area contributed by atoms with Crippen LogP contribution in [0.2, 0.25) is 0 Å². The van der Waals surface area contributed by atoms with Gasteiger partial charge in [0.1, 0.15) is 0 Å². The highest BCUT2D eigenvalue weighted by molar-refractivity contribution is 6.18. The van der Waals surface area contributed by atoms with Gasteiger partial charge in [-0.1, -0.05) is 17.7 Å². The minimum Gasteiger partial charge on any atom is -0.306 e. The molecule has 1 fully saturated rings. The molecule has 0 aliphatic heterocycles. The second-order valence-corrected chi connectivity index (χ2v) is 5.41. The summed E-state index contributed by atoms with van der Waals surface area (Å²) < 4.78 is 0. The monoisotopic (exact) mass is 237 g/mol. The number of hydrogen-bond donors (Lipinski definition) is 1. The maximum absolute atomic E-state index is 5.96. The molecule has 1 saturated carbocycles. The first-order valence-corrected chi connectivity index (χ1v) is 6.47. The zero-order chi connectivity index (χ0) is 11.8. The molecule has 0 aromatic heterocycles. The van der Waals surface area contributed by atoms with Crippen LogP contribution in [0, 0.1) is 20.8 Å². The molecular weight excluding hydrogens is 218 g/mol. The number of hydrogen-bond acceptors (Lipinski definition) is 1. The van der Waals surface area contributed by atoms with Gasteiger partial charge in [-0.25, -0.2) is 0 Å². The van der Waals surface area contributed by atoms with Gasteiger partial charge in [0.25, 0.3) is 0 Å². The first-order valence-electron chi connectivity index (χ1n) is 5.94. The number of alkyl halides is 1. The molecule has 1 aromatic carbocycles. The van der Waals surface area contributed by atoms with E-state index >= 15 is 0 Å². The van der Waals surface area contributed by atoms with Crippen molar-refractivity contribution in [3.8, 4) is 0 Å². The molecule has 0 bridgehead atoms. The van der Waals surface area contributed by atoms with E-state index in [1.54, 1.807) is 0 Å². The zero-order valence-electron chi connectivity index (χ0n) is 10.4. The van der Waals surface area contributed by atoms with Crippen LogP contribution in [-0.4, -0.2) is 11.4 Å². The van der Waals surface area contributed by atoms with Crippen LogP contribution < -0.4 is 5.32 Å². The highest BCUT2D eigenvalue weighted by Gasteiger charge is 2.41. The van der Waals surface area contributed by atoms with E-state index in [2.05, 4.69) is 38.2 Å². The molecule has 88 valence electrons. The summed E-state index contributed by atoms with van der Waals surface area (Å²) in [6.07, 6.45) is 2.45. The lowest BCUT2D eigenvalue weighted by atomic mass is 9.99. The van der Waals surface area contributed by atoms with Gasteiger partial charge in [-0.05, 0) is 50.3 Å². The Morgan fingerprint density at radius 2 is 1.75 bits per heavy atom. The molecule has 1 aromatic rings. The molecule has 0 atom stereocenters. The minimum atomic E-state index is 0.241. The van der Waals surface area contributed by atoms with Crippen LogP contribution in [0.25, 0.3) is 0 Å². The van der Waals surface area contributed by atoms with Crippen molar-refractivity contribution in [3.63, 3.8) is 0 Å². The van der Waals surface area contributed by atoms with Crippen molar-refractivity contribution in [1.29, 1.82) is 0 Å². The molecule has 1 aliphatic rings. The maximum Gasteiger partial charge on any atom is 0.0406 e. The number of aryl methyl sites for hydroxylation is 3. The van der Waals surface area contributed by atoms with E-state index in [1.165, 1.54) is 35.1 Å². The first-order chi connectivity index (χ1) is 7.56. The molecule has 0 saturated heterocycles. The second kappa shape index (κ2) is 4.38. The van der Waals surface area contributed by atoms with E-state index in [4.69, 9.17) is 11.6 Å². The van der Waals surface area contributed by atoms with E-state index in [0.29, 0.717) is 0 Å². The van der Waals surface area contributed by atoms with Crippen molar-refractivity contribution >= 4 is 11.6 Å². The van der Waals surface area contributed by atoms with Crippen LogP contribution in [0.3, 0.4) is 0 Å². The van der Waals surface area contributed by atoms with Crippen molar-refractivity contribution in [1.82, 2.24) is 5.32 Å². The van der Waals surface area contributed by atoms with E-state index in [0.717, 1.165) is 12.4 Å². The topological polar surface area (TPSA) is 12.0 Å². The van der Waals surface area contributed by atoms with E-state index in [1.807, 2.05) is 0 Å². The second-order valence-electron chi connectivity index (χ2n) is 5.14. The molecule has 0 spiro atoms. The van der Waals surface area contributed by atoms with Gasteiger partial charge < -0.3 is 5.32 Å². The summed E-state index contributed by atoms with van der Waals surface area (Å²) in [5.41, 5.74) is 5.79. The number of halogens is 1. The normalized spacial score (nSPS) is 17.5. The average molecular weight is 238 g/mol. The van der Waals surface area contributed by atoms with Gasteiger partial charge >= 0.3 is 0 Å². The molecule has 0 unspecified atom stereocenters. The van der Waals surface area contributed by atoms with Crippen molar-refractivity contribution in [3.05, 3.63) is 34.4 Å². The van der Waals surface area contributed by atoms with Gasteiger partial charge in [0.15, 0.2) is 0 Å². The van der Waals surface area contributed by atoms with Gasteiger partial charge in [0.2, 0.25) is 0 Å². The van der Waals surface area contributed by atoms with Crippen LogP contribution in [-0.2, 0) is 6.54 Å². The molecule has 0 radical (unpaired) electrons. The lowest BCUT2D eigenvalue weighted by molar-refractivity contribution is 0.540. The summed E-state index contributed by atoms with van der Waals surface area (Å²) >= 11 is 5.96. The SMILES string of the molecule is Cc1cc(C)c(CNC2(CCl)CC2)c(C)c1. The molecule has 1 nitrogen and oxygen atoms in total. The summed E-state index contributed by atoms with van der Waals surface area (Å²) in [4.78, 5) is 0. The third-order valence-corrected chi connectivity index (χ3v) is 4.10. The van der Waals surface area contributed by atoms with Gasteiger partial charge in [-0.2, -0.15) is 0 Å². The molecule has 1 aliphatic carbocycles. The molecule has 2 heteroatoms. The van der Waals surface area contributed by atoms with Crippen molar-refractivity contribution in [2.45, 2.75) is 45.7 Å². The number of nitrogens with one attached hydrogen (secondary N) is 1. The molecule has 16 heavy (non-hydrogen) atoms. The highest BCUT2D eigenvalue weighted by Crippen LogP contribution is 2.36. The Balaban J connectivity index is 2.09. The number of benzene rings is 1. The van der Waals surface area contributed by atoms with E-state index in [9.17, 15) is 0 Å². The van der Waals surface area contributed by atoms with Gasteiger partial charge in [-0.3, -0.25) is 0 Å². The fourth-order valence-corrected chi connectivity index (χ4v) is 2.63. The summed E-state index contributed by atoms with van der Waals surface area (Å²) in [6.45, 7) is 7.48. The lowest BCUT2D eigenvalue weighted by Gasteiger charge is -2.17. The smallest absolute Gasteiger partial charge is 0.0406 e. The van der Waals surface area contributed by atoms with Crippen molar-refractivity contribution in [2.75, 3.05) is 5.88 Å². The Labute approximate surface area is 103 Å². The Morgan fingerprint density at radius 1 is 1.19 bits per heavy atom. The van der Waals surface area contributed by atoms with Crippen LogP contribution in [0.5, 0.6) is 0 Å². The maximum atomic E-state index is 5.96. The molecule has 1 N–H and O–H groups in total. The summed E-state index contributed by atoms with van der Waals surface area (Å²) in [5, 5.41) is 3.61. The Kier molecular flexibility index (Phi) is 3.27. The van der Waals surface area contributed by atoms with E-state index in [-0.39, 0.29) is 5.54 Å². The Morgan fingerprint density at radius 3 is 2.19 bits per heavy atom. The highest BCUT2D eigenvalue weighted by atomic mass is 35.5. The van der Waals surface area contributed by atoms with Crippen molar-refractivity contribution in [2.24, 2.45) is 0 Å². The molecule has 0 heterocycles. The fourth-order valence-electron chi connectivity index (χ4n) is 2.27. The quantitative estimate of drug-likeness (QED) is 0.791. The van der Waals surface area contributed by atoms with Crippen LogP contribution in [0.1, 0.15) is 35.1 Å². The summed E-state index contributed by atoms with van der Waals surface area (Å²) in [6, 6.07) is 4.51. The molecule has 2 rings (SSSR count). The van der Waals surface area contributed by atoms with Gasteiger partial charge in [-0.15, -0.1) is 11.6 Å². The Hall–Kier alpha value is -0.530. The molecule has 0 amide bonds. The summed E-state index contributed by atoms with van der Waals surface area (Å²) in [5.74, 6) is 0.733. The predicted octanol–water partition coefficient (Wildman–Crippen LogP) is 3.47. The standard InChI is InChI=1S/C14H20ClN/c1-10-6-11(2)13(12(3)7-10)8-16-14(9-15)4-5-14/h6-7,16H,4-5,8-9H2,1-3H3. The van der Waals surface area contributed by atoms with E-state index < -0.39 is 0 Å². The van der Waals surface area contributed by atoms with Crippen LogP contribution in [0.4, 0.5) is 0 Å². The largest absolute Gasteiger partial charge is 0.306 e. The fraction of sp³-hybridized carbons (Fsp3) is 0.571. The third kappa shape index (κ3) is 2.41. The summed E-state index contributed by atoms with van der Waals surface area (Å²) in [7, 11) is 0. The van der Waals surface area contributed by atoms with Gasteiger partial charge in [0.05, 0.1) is 0 Å². The van der Waals surface area contributed by atoms with Crippen LogP contribution >= 0.6 is 11.6 Å².